The molecule has 0 saturated carbocycles. The maximum absolute atomic E-state index is 13.2. The smallest absolute Gasteiger partial charge is 0.243 e. The van der Waals surface area contributed by atoms with E-state index in [1.165, 1.54) is 17.1 Å². The molecule has 3 fully saturated rings. The molecule has 4 rings (SSSR count). The lowest BCUT2D eigenvalue weighted by Crippen LogP contribution is -2.40. The Morgan fingerprint density at radius 2 is 1.79 bits per heavy atom. The van der Waals surface area contributed by atoms with E-state index < -0.39 is 10.0 Å². The van der Waals surface area contributed by atoms with Gasteiger partial charge in [0.15, 0.2) is 0 Å². The molecule has 1 aromatic rings. The maximum atomic E-state index is 13.2. The second-order valence-electron chi connectivity index (χ2n) is 9.10. The van der Waals surface area contributed by atoms with Gasteiger partial charge in [0.25, 0.3) is 0 Å². The lowest BCUT2D eigenvalue weighted by molar-refractivity contribution is -0.117. The Kier molecular flexibility index (Phi) is 9.18. The van der Waals surface area contributed by atoms with Gasteiger partial charge in [-0.05, 0) is 43.9 Å². The van der Waals surface area contributed by atoms with Crippen LogP contribution in [-0.4, -0.2) is 83.9 Å². The Morgan fingerprint density at radius 1 is 1.03 bits per heavy atom. The monoisotopic (exact) mass is 495 g/mol. The Labute approximate surface area is 202 Å². The SMILES string of the molecule is O=C(CCOCC1CCCO1)Nc1cc(S(=O)(=O)N2CCOCC2)ccc1N1CCCCCC1. The molecular formula is C24H37N3O6S. The van der Waals surface area contributed by atoms with Crippen molar-refractivity contribution in [2.24, 2.45) is 0 Å². The van der Waals surface area contributed by atoms with E-state index in [0.29, 0.717) is 45.2 Å². The normalized spacial score (nSPS) is 22.5. The van der Waals surface area contributed by atoms with Crippen molar-refractivity contribution in [2.45, 2.75) is 55.9 Å². The van der Waals surface area contributed by atoms with E-state index in [1.807, 2.05) is 6.07 Å². The summed E-state index contributed by atoms with van der Waals surface area (Å²) in [6, 6.07) is 5.10. The van der Waals surface area contributed by atoms with E-state index in [0.717, 1.165) is 51.1 Å². The molecule has 1 N–H and O–H groups in total. The van der Waals surface area contributed by atoms with Gasteiger partial charge in [-0.3, -0.25) is 4.79 Å². The van der Waals surface area contributed by atoms with Crippen molar-refractivity contribution in [3.63, 3.8) is 0 Å². The van der Waals surface area contributed by atoms with E-state index in [4.69, 9.17) is 14.2 Å². The number of hydrogen-bond donors (Lipinski definition) is 1. The molecule has 0 spiro atoms. The molecule has 3 aliphatic heterocycles. The summed E-state index contributed by atoms with van der Waals surface area (Å²) in [5, 5.41) is 2.97. The quantitative estimate of drug-likeness (QED) is 0.526. The standard InChI is InChI=1S/C24H37N3O6S/c28-24(9-15-32-19-20-6-5-14-33-20)25-22-18-21(34(29,30)27-12-16-31-17-13-27)7-8-23(22)26-10-3-1-2-4-11-26/h7-8,18,20H,1-6,9-17,19H2,(H,25,28). The number of ether oxygens (including phenoxy) is 3. The van der Waals surface area contributed by atoms with Crippen molar-refractivity contribution in [1.82, 2.24) is 4.31 Å². The first-order valence-corrected chi connectivity index (χ1v) is 13.9. The molecule has 0 radical (unpaired) electrons. The van der Waals surface area contributed by atoms with Crippen LogP contribution in [0.3, 0.4) is 0 Å². The van der Waals surface area contributed by atoms with E-state index >= 15 is 0 Å². The highest BCUT2D eigenvalue weighted by Crippen LogP contribution is 2.32. The Bertz CT molecular complexity index is 905. The summed E-state index contributed by atoms with van der Waals surface area (Å²) in [7, 11) is -3.66. The number of nitrogens with zero attached hydrogens (tertiary/aromatic N) is 2. The second-order valence-corrected chi connectivity index (χ2v) is 11.0. The number of morpholine rings is 1. The van der Waals surface area contributed by atoms with Gasteiger partial charge in [-0.1, -0.05) is 12.8 Å². The predicted molar refractivity (Wildman–Crippen MR) is 130 cm³/mol. The zero-order valence-electron chi connectivity index (χ0n) is 19.9. The molecule has 190 valence electrons. The highest BCUT2D eigenvalue weighted by Gasteiger charge is 2.28. The number of hydrogen-bond acceptors (Lipinski definition) is 7. The van der Waals surface area contributed by atoms with E-state index in [-0.39, 0.29) is 23.3 Å². The summed E-state index contributed by atoms with van der Waals surface area (Å²) in [5.41, 5.74) is 1.41. The third kappa shape index (κ3) is 6.69. The van der Waals surface area contributed by atoms with E-state index in [9.17, 15) is 13.2 Å². The van der Waals surface area contributed by atoms with Gasteiger partial charge >= 0.3 is 0 Å². The summed E-state index contributed by atoms with van der Waals surface area (Å²) < 4.78 is 44.4. The summed E-state index contributed by atoms with van der Waals surface area (Å²) in [6.07, 6.45) is 6.91. The van der Waals surface area contributed by atoms with Crippen LogP contribution >= 0.6 is 0 Å². The van der Waals surface area contributed by atoms with Crippen LogP contribution in [0.25, 0.3) is 0 Å². The molecule has 34 heavy (non-hydrogen) atoms. The fraction of sp³-hybridized carbons (Fsp3) is 0.708. The average Bonchev–Trinajstić information content (AvgIpc) is 3.23. The van der Waals surface area contributed by atoms with Crippen LogP contribution in [0.2, 0.25) is 0 Å². The van der Waals surface area contributed by atoms with Crippen molar-refractivity contribution >= 4 is 27.3 Å². The zero-order valence-corrected chi connectivity index (χ0v) is 20.7. The van der Waals surface area contributed by atoms with Crippen molar-refractivity contribution in [1.29, 1.82) is 0 Å². The largest absolute Gasteiger partial charge is 0.379 e. The number of amides is 1. The minimum absolute atomic E-state index is 0.125. The summed E-state index contributed by atoms with van der Waals surface area (Å²) in [4.78, 5) is 15.2. The fourth-order valence-electron chi connectivity index (χ4n) is 4.67. The van der Waals surface area contributed by atoms with Crippen LogP contribution in [0, 0.1) is 0 Å². The third-order valence-electron chi connectivity index (χ3n) is 6.60. The number of nitrogens with one attached hydrogen (secondary N) is 1. The molecule has 3 saturated heterocycles. The predicted octanol–water partition coefficient (Wildman–Crippen LogP) is 2.61. The van der Waals surface area contributed by atoms with E-state index in [2.05, 4.69) is 10.2 Å². The molecular weight excluding hydrogens is 458 g/mol. The van der Waals surface area contributed by atoms with Gasteiger partial charge in [-0.25, -0.2) is 8.42 Å². The third-order valence-corrected chi connectivity index (χ3v) is 8.49. The minimum atomic E-state index is -3.66. The Morgan fingerprint density at radius 3 is 2.50 bits per heavy atom. The van der Waals surface area contributed by atoms with Crippen molar-refractivity contribution in [3.8, 4) is 0 Å². The molecule has 10 heteroatoms. The van der Waals surface area contributed by atoms with Gasteiger partial charge in [-0.15, -0.1) is 0 Å². The number of rotatable bonds is 9. The van der Waals surface area contributed by atoms with Crippen molar-refractivity contribution in [3.05, 3.63) is 18.2 Å². The van der Waals surface area contributed by atoms with Crippen LogP contribution in [0.5, 0.6) is 0 Å². The molecule has 9 nitrogen and oxygen atoms in total. The number of anilines is 2. The first kappa shape index (κ1) is 25.4. The molecule has 0 aromatic heterocycles. The number of carbonyl (C=O) groups is 1. The van der Waals surface area contributed by atoms with Crippen LogP contribution < -0.4 is 10.2 Å². The first-order chi connectivity index (χ1) is 16.5. The van der Waals surface area contributed by atoms with Gasteiger partial charge in [-0.2, -0.15) is 4.31 Å². The van der Waals surface area contributed by atoms with E-state index in [1.54, 1.807) is 12.1 Å². The van der Waals surface area contributed by atoms with Crippen LogP contribution in [-0.2, 0) is 29.0 Å². The number of benzene rings is 1. The first-order valence-electron chi connectivity index (χ1n) is 12.5. The van der Waals surface area contributed by atoms with Gasteiger partial charge in [0.05, 0.1) is 55.2 Å². The summed E-state index contributed by atoms with van der Waals surface area (Å²) >= 11 is 0. The van der Waals surface area contributed by atoms with Crippen molar-refractivity contribution < 1.29 is 27.4 Å². The topological polar surface area (TPSA) is 97.4 Å². The number of carbonyl (C=O) groups excluding carboxylic acids is 1. The van der Waals surface area contributed by atoms with Gasteiger partial charge in [0.1, 0.15) is 0 Å². The molecule has 3 heterocycles. The highest BCUT2D eigenvalue weighted by molar-refractivity contribution is 7.89. The highest BCUT2D eigenvalue weighted by atomic mass is 32.2. The molecule has 0 bridgehead atoms. The summed E-state index contributed by atoms with van der Waals surface area (Å²) in [6.45, 7) is 4.81. The van der Waals surface area contributed by atoms with Gasteiger partial charge < -0.3 is 24.4 Å². The van der Waals surface area contributed by atoms with Crippen LogP contribution in [0.4, 0.5) is 11.4 Å². The molecule has 1 unspecified atom stereocenters. The lowest BCUT2D eigenvalue weighted by Gasteiger charge is -2.28. The molecule has 0 aliphatic carbocycles. The second kappa shape index (κ2) is 12.3. The maximum Gasteiger partial charge on any atom is 0.243 e. The van der Waals surface area contributed by atoms with Gasteiger partial charge in [0, 0.05) is 32.8 Å². The number of sulfonamides is 1. The van der Waals surface area contributed by atoms with Gasteiger partial charge in [0.2, 0.25) is 15.9 Å². The zero-order chi connectivity index (χ0) is 23.8. The molecule has 3 aliphatic rings. The minimum Gasteiger partial charge on any atom is -0.379 e. The molecule has 1 atom stereocenters. The molecule has 1 amide bonds. The Hall–Kier alpha value is -1.72. The Balaban J connectivity index is 1.47. The fourth-order valence-corrected chi connectivity index (χ4v) is 6.10. The molecule has 1 aromatic carbocycles. The lowest BCUT2D eigenvalue weighted by atomic mass is 10.2. The summed E-state index contributed by atoms with van der Waals surface area (Å²) in [5.74, 6) is -0.190. The van der Waals surface area contributed by atoms with Crippen molar-refractivity contribution in [2.75, 3.05) is 69.4 Å². The van der Waals surface area contributed by atoms with Crippen LogP contribution in [0.1, 0.15) is 44.9 Å². The van der Waals surface area contributed by atoms with Crippen LogP contribution in [0.15, 0.2) is 23.1 Å². The average molecular weight is 496 g/mol.